The maximum atomic E-state index is 2.25. The minimum absolute atomic E-state index is 0. The second kappa shape index (κ2) is 4.70. The fourth-order valence-corrected chi connectivity index (χ4v) is 0.794. The van der Waals surface area contributed by atoms with Crippen molar-refractivity contribution in [1.82, 2.24) is 9.80 Å². The van der Waals surface area contributed by atoms with Gasteiger partial charge in [-0.15, -0.1) is 0 Å². The summed E-state index contributed by atoms with van der Waals surface area (Å²) in [6, 6.07) is 0. The predicted molar refractivity (Wildman–Crippen MR) is 34.1 cm³/mol. The molecule has 0 atom stereocenters. The Balaban J connectivity index is 0.000000640. The maximum absolute atomic E-state index is 2.25. The molecular formula is C6H12EuN2. The number of rotatable bonds is 1. The molecule has 0 amide bonds. The maximum Gasteiger partial charge on any atom is 0.0890 e. The Morgan fingerprint density at radius 3 is 2.33 bits per heavy atom. The number of hydrogen-bond donors (Lipinski definition) is 0. The Labute approximate surface area is 97.4 Å². The summed E-state index contributed by atoms with van der Waals surface area (Å²) in [6.07, 6.45) is 4.20. The van der Waals surface area contributed by atoms with Crippen LogP contribution >= 0.6 is 0 Å². The van der Waals surface area contributed by atoms with Crippen LogP contribution in [0, 0.1) is 49.4 Å². The van der Waals surface area contributed by atoms with E-state index in [1.807, 2.05) is 0 Å². The van der Waals surface area contributed by atoms with Gasteiger partial charge in [-0.25, -0.2) is 0 Å². The Hall–Kier alpha value is 0.924. The molecule has 0 N–H and O–H groups in total. The van der Waals surface area contributed by atoms with Gasteiger partial charge in [0.25, 0.3) is 0 Å². The SMILES string of the molecule is CCN1C=CN(C)C1.[Eu]. The molecular weight excluding hydrogens is 252 g/mol. The van der Waals surface area contributed by atoms with E-state index >= 15 is 0 Å². The van der Waals surface area contributed by atoms with Gasteiger partial charge in [0.2, 0.25) is 0 Å². The van der Waals surface area contributed by atoms with Crippen molar-refractivity contribution in [3.05, 3.63) is 12.4 Å². The van der Waals surface area contributed by atoms with E-state index in [0.717, 1.165) is 13.2 Å². The molecule has 2 nitrogen and oxygen atoms in total. The smallest absolute Gasteiger partial charge is 0.0890 e. The van der Waals surface area contributed by atoms with Crippen molar-refractivity contribution in [2.45, 2.75) is 6.92 Å². The molecule has 1 heterocycles. The first-order valence-corrected chi connectivity index (χ1v) is 2.95. The molecule has 0 aromatic heterocycles. The van der Waals surface area contributed by atoms with Crippen molar-refractivity contribution in [1.29, 1.82) is 0 Å². The molecule has 0 bridgehead atoms. The monoisotopic (exact) mass is 265 g/mol. The third kappa shape index (κ3) is 3.01. The zero-order chi connectivity index (χ0) is 5.98. The second-order valence-electron chi connectivity index (χ2n) is 2.10. The van der Waals surface area contributed by atoms with Gasteiger partial charge in [0, 0.05) is 75.4 Å². The largest absolute Gasteiger partial charge is 0.362 e. The number of nitrogens with zero attached hydrogens (tertiary/aromatic N) is 2. The first kappa shape index (κ1) is 9.92. The van der Waals surface area contributed by atoms with Crippen LogP contribution in [0.1, 0.15) is 6.92 Å². The molecule has 0 fully saturated rings. The van der Waals surface area contributed by atoms with Gasteiger partial charge in [-0.3, -0.25) is 0 Å². The van der Waals surface area contributed by atoms with Crippen LogP contribution in [0.4, 0.5) is 0 Å². The molecule has 53 valence electrons. The van der Waals surface area contributed by atoms with Crippen LogP contribution in [0.5, 0.6) is 0 Å². The second-order valence-corrected chi connectivity index (χ2v) is 2.10. The molecule has 3 heteroatoms. The van der Waals surface area contributed by atoms with E-state index in [4.69, 9.17) is 0 Å². The average Bonchev–Trinajstić information content (AvgIpc) is 2.14. The number of hydrogen-bond acceptors (Lipinski definition) is 2. The quantitative estimate of drug-likeness (QED) is 0.687. The van der Waals surface area contributed by atoms with E-state index in [9.17, 15) is 0 Å². The van der Waals surface area contributed by atoms with E-state index in [2.05, 4.69) is 36.2 Å². The molecule has 0 spiro atoms. The fraction of sp³-hybridized carbons (Fsp3) is 0.667. The van der Waals surface area contributed by atoms with Crippen molar-refractivity contribution in [2.75, 3.05) is 20.3 Å². The van der Waals surface area contributed by atoms with E-state index in [-0.39, 0.29) is 49.4 Å². The molecule has 1 aliphatic rings. The van der Waals surface area contributed by atoms with Crippen LogP contribution in [0.15, 0.2) is 12.4 Å². The Kier molecular flexibility index (Phi) is 5.18. The normalized spacial score (nSPS) is 16.2. The van der Waals surface area contributed by atoms with Crippen molar-refractivity contribution in [2.24, 2.45) is 0 Å². The first-order chi connectivity index (χ1) is 3.83. The van der Waals surface area contributed by atoms with Crippen LogP contribution in [0.25, 0.3) is 0 Å². The Bertz CT molecular complexity index is 103. The zero-order valence-corrected chi connectivity index (χ0v) is 8.27. The molecule has 1 aliphatic heterocycles. The van der Waals surface area contributed by atoms with E-state index < -0.39 is 0 Å². The van der Waals surface area contributed by atoms with Crippen LogP contribution in [-0.4, -0.2) is 30.1 Å². The van der Waals surface area contributed by atoms with Crippen LogP contribution in [0.3, 0.4) is 0 Å². The molecule has 0 aromatic rings. The van der Waals surface area contributed by atoms with E-state index in [1.54, 1.807) is 0 Å². The van der Waals surface area contributed by atoms with Gasteiger partial charge < -0.3 is 9.80 Å². The summed E-state index contributed by atoms with van der Waals surface area (Å²) in [4.78, 5) is 4.41. The van der Waals surface area contributed by atoms with Crippen molar-refractivity contribution in [3.8, 4) is 0 Å². The van der Waals surface area contributed by atoms with Gasteiger partial charge in [0.1, 0.15) is 0 Å². The molecule has 0 aliphatic carbocycles. The van der Waals surface area contributed by atoms with Crippen molar-refractivity contribution in [3.63, 3.8) is 0 Å². The molecule has 0 saturated heterocycles. The first-order valence-electron chi connectivity index (χ1n) is 2.95. The standard InChI is InChI=1S/C6H12N2.Eu/c1-3-8-5-4-7(2)6-8;/h4-5H,3,6H2,1-2H3;. The van der Waals surface area contributed by atoms with Crippen molar-refractivity contribution < 1.29 is 49.4 Å². The molecule has 1 rings (SSSR count). The average molecular weight is 264 g/mol. The summed E-state index contributed by atoms with van der Waals surface area (Å²) in [5, 5.41) is 0. The van der Waals surface area contributed by atoms with Crippen LogP contribution < -0.4 is 0 Å². The fourth-order valence-electron chi connectivity index (χ4n) is 0.794. The summed E-state index contributed by atoms with van der Waals surface area (Å²) < 4.78 is 0. The van der Waals surface area contributed by atoms with Crippen molar-refractivity contribution >= 4 is 0 Å². The zero-order valence-electron chi connectivity index (χ0n) is 5.84. The van der Waals surface area contributed by atoms with Gasteiger partial charge in [-0.2, -0.15) is 0 Å². The summed E-state index contributed by atoms with van der Waals surface area (Å²) in [7, 11) is 2.08. The Morgan fingerprint density at radius 1 is 1.44 bits per heavy atom. The minimum Gasteiger partial charge on any atom is -0.362 e. The third-order valence-corrected chi connectivity index (χ3v) is 1.34. The van der Waals surface area contributed by atoms with Gasteiger partial charge in [-0.1, -0.05) is 0 Å². The summed E-state index contributed by atoms with van der Waals surface area (Å²) in [6.45, 7) is 4.32. The molecule has 1 radical (unpaired) electrons. The molecule has 9 heavy (non-hydrogen) atoms. The topological polar surface area (TPSA) is 6.48 Å². The minimum atomic E-state index is 0. The van der Waals surface area contributed by atoms with Crippen LogP contribution in [-0.2, 0) is 0 Å². The summed E-state index contributed by atoms with van der Waals surface area (Å²) >= 11 is 0. The van der Waals surface area contributed by atoms with Gasteiger partial charge in [0.05, 0.1) is 6.67 Å². The molecule has 0 unspecified atom stereocenters. The molecule has 0 saturated carbocycles. The predicted octanol–water partition coefficient (Wildman–Crippen LogP) is 0.682. The molecule has 0 aromatic carbocycles. The summed E-state index contributed by atoms with van der Waals surface area (Å²) in [5.41, 5.74) is 0. The van der Waals surface area contributed by atoms with E-state index in [0.29, 0.717) is 0 Å². The van der Waals surface area contributed by atoms with Gasteiger partial charge in [0.15, 0.2) is 0 Å². The van der Waals surface area contributed by atoms with Gasteiger partial charge in [-0.05, 0) is 6.92 Å². The third-order valence-electron chi connectivity index (χ3n) is 1.34. The Morgan fingerprint density at radius 2 is 2.11 bits per heavy atom. The van der Waals surface area contributed by atoms with Gasteiger partial charge >= 0.3 is 0 Å². The van der Waals surface area contributed by atoms with E-state index in [1.165, 1.54) is 0 Å². The van der Waals surface area contributed by atoms with Crippen LogP contribution in [0.2, 0.25) is 0 Å². The summed E-state index contributed by atoms with van der Waals surface area (Å²) in [5.74, 6) is 0.